The van der Waals surface area contributed by atoms with Crippen LogP contribution < -0.4 is 10.9 Å². The van der Waals surface area contributed by atoms with Gasteiger partial charge in [-0.2, -0.15) is 0 Å². The number of hydrogen-bond acceptors (Lipinski definition) is 5. The number of aromatic nitrogens is 2. The van der Waals surface area contributed by atoms with Gasteiger partial charge in [-0.1, -0.05) is 0 Å². The maximum atomic E-state index is 12.8. The van der Waals surface area contributed by atoms with E-state index in [1.807, 2.05) is 13.8 Å². The van der Waals surface area contributed by atoms with Crippen LogP contribution in [0.3, 0.4) is 0 Å². The molecule has 0 aliphatic rings. The van der Waals surface area contributed by atoms with Crippen LogP contribution in [0.5, 0.6) is 0 Å². The number of nitrogens with one attached hydrogen (secondary N) is 2. The van der Waals surface area contributed by atoms with Gasteiger partial charge in [-0.25, -0.2) is 8.42 Å². The molecule has 1 heterocycles. The lowest BCUT2D eigenvalue weighted by Gasteiger charge is -2.18. The van der Waals surface area contributed by atoms with Gasteiger partial charge in [-0.15, -0.1) is 0 Å². The Kier molecular flexibility index (Phi) is 5.22. The van der Waals surface area contributed by atoms with Crippen LogP contribution >= 0.6 is 0 Å². The highest BCUT2D eigenvalue weighted by atomic mass is 32.2. The molecule has 1 aromatic heterocycles. The van der Waals surface area contributed by atoms with Crippen LogP contribution in [0.1, 0.15) is 42.3 Å². The number of carbonyl (C=O) groups is 1. The molecule has 0 aliphatic carbocycles. The number of hydrogen-bond donors (Lipinski definition) is 2. The first-order chi connectivity index (χ1) is 11.6. The first kappa shape index (κ1) is 19.0. The number of nitrogens with zero attached hydrogens (tertiary/aromatic N) is 1. The van der Waals surface area contributed by atoms with Gasteiger partial charge in [0.25, 0.3) is 5.56 Å². The van der Waals surface area contributed by atoms with Gasteiger partial charge in [-0.3, -0.25) is 14.3 Å². The molecule has 2 N–H and O–H groups in total. The third-order valence-electron chi connectivity index (χ3n) is 3.91. The molecule has 0 fully saturated rings. The van der Waals surface area contributed by atoms with E-state index in [0.29, 0.717) is 23.4 Å². The summed E-state index contributed by atoms with van der Waals surface area (Å²) in [6.45, 7) is 7.66. The Bertz CT molecular complexity index is 968. The van der Waals surface area contributed by atoms with E-state index in [0.717, 1.165) is 6.26 Å². The molecule has 2 aromatic rings. The Morgan fingerprint density at radius 3 is 2.40 bits per heavy atom. The molecule has 0 saturated heterocycles. The van der Waals surface area contributed by atoms with Gasteiger partial charge in [0.15, 0.2) is 9.84 Å². The number of benzene rings is 1. The van der Waals surface area contributed by atoms with Gasteiger partial charge in [0.2, 0.25) is 5.78 Å². The van der Waals surface area contributed by atoms with Crippen molar-refractivity contribution in [2.45, 2.75) is 45.2 Å². The third-order valence-corrected chi connectivity index (χ3v) is 5.04. The Morgan fingerprint density at radius 2 is 1.92 bits per heavy atom. The summed E-state index contributed by atoms with van der Waals surface area (Å²) in [5, 5.41) is 5.85. The molecule has 136 valence electrons. The van der Waals surface area contributed by atoms with Crippen LogP contribution in [-0.2, 0) is 16.4 Å². The van der Waals surface area contributed by atoms with E-state index in [4.69, 9.17) is 0 Å². The molecule has 0 aliphatic heterocycles. The Labute approximate surface area is 147 Å². The summed E-state index contributed by atoms with van der Waals surface area (Å²) in [7, 11) is -3.46. The van der Waals surface area contributed by atoms with Crippen molar-refractivity contribution in [3.63, 3.8) is 0 Å². The molecule has 1 aromatic carbocycles. The van der Waals surface area contributed by atoms with Crippen molar-refractivity contribution >= 4 is 21.3 Å². The first-order valence-electron chi connectivity index (χ1n) is 8.01. The highest BCUT2D eigenvalue weighted by Crippen LogP contribution is 2.29. The van der Waals surface area contributed by atoms with Crippen LogP contribution in [0.25, 0.3) is 0 Å². The summed E-state index contributed by atoms with van der Waals surface area (Å²) < 4.78 is 25.4. The van der Waals surface area contributed by atoms with Crippen LogP contribution in [0, 0.1) is 6.92 Å². The normalized spacial score (nSPS) is 11.8. The maximum Gasteiger partial charge on any atom is 0.277 e. The minimum atomic E-state index is -3.46. The molecule has 0 saturated carbocycles. The summed E-state index contributed by atoms with van der Waals surface area (Å²) in [5.41, 5.74) is 0.847. The van der Waals surface area contributed by atoms with E-state index < -0.39 is 21.2 Å². The van der Waals surface area contributed by atoms with Gasteiger partial charge in [0.05, 0.1) is 10.6 Å². The summed E-state index contributed by atoms with van der Waals surface area (Å²) in [6.07, 6.45) is 2.51. The molecule has 8 heteroatoms. The monoisotopic (exact) mass is 365 g/mol. The second-order valence-corrected chi connectivity index (χ2v) is 8.23. The predicted molar refractivity (Wildman–Crippen MR) is 97.2 cm³/mol. The van der Waals surface area contributed by atoms with E-state index in [-0.39, 0.29) is 16.5 Å². The quantitative estimate of drug-likeness (QED) is 0.762. The van der Waals surface area contributed by atoms with Crippen molar-refractivity contribution in [2.75, 3.05) is 11.6 Å². The number of sulfone groups is 1. The zero-order valence-electron chi connectivity index (χ0n) is 15.0. The fourth-order valence-corrected chi connectivity index (χ4v) is 3.56. The SMILES string of the molecule is CCn1[nH]cc(C(=O)c2ccc(S(C)(=O)=O)c(NC(C)C)c2C)c1=O. The Hall–Kier alpha value is -2.35. The maximum absolute atomic E-state index is 12.8. The lowest BCUT2D eigenvalue weighted by molar-refractivity contribution is 0.103. The van der Waals surface area contributed by atoms with Crippen molar-refractivity contribution in [1.29, 1.82) is 0 Å². The summed E-state index contributed by atoms with van der Waals surface area (Å²) in [5.74, 6) is -0.433. The average molecular weight is 365 g/mol. The second kappa shape index (κ2) is 6.87. The number of aryl methyl sites for hydroxylation is 1. The lowest BCUT2D eigenvalue weighted by atomic mass is 9.99. The topological polar surface area (TPSA) is 101 Å². The van der Waals surface area contributed by atoms with E-state index in [1.165, 1.54) is 23.0 Å². The number of carbonyl (C=O) groups excluding carboxylic acids is 1. The van der Waals surface area contributed by atoms with Gasteiger partial charge in [0, 0.05) is 30.6 Å². The average Bonchev–Trinajstić information content (AvgIpc) is 2.87. The van der Waals surface area contributed by atoms with E-state index in [2.05, 4.69) is 10.4 Å². The number of aromatic amines is 1. The minimum Gasteiger partial charge on any atom is -0.382 e. The fraction of sp³-hybridized carbons (Fsp3) is 0.412. The largest absolute Gasteiger partial charge is 0.382 e. The molecule has 0 unspecified atom stereocenters. The number of H-pyrrole nitrogens is 1. The second-order valence-electron chi connectivity index (χ2n) is 6.25. The van der Waals surface area contributed by atoms with E-state index in [1.54, 1.807) is 13.8 Å². The summed E-state index contributed by atoms with van der Waals surface area (Å²) in [6, 6.07) is 2.85. The number of rotatable bonds is 6. The van der Waals surface area contributed by atoms with Gasteiger partial charge >= 0.3 is 0 Å². The standard InChI is InChI=1S/C17H23N3O4S/c1-6-20-17(22)13(9-18-20)16(21)12-7-8-14(25(5,23)24)15(11(12)4)19-10(2)3/h7-10,18-19H,6H2,1-5H3. The molecular formula is C17H23N3O4S. The minimum absolute atomic E-state index is 0.0193. The fourth-order valence-electron chi connectivity index (χ4n) is 2.66. The Morgan fingerprint density at radius 1 is 1.28 bits per heavy atom. The first-order valence-corrected chi connectivity index (χ1v) is 9.90. The summed E-state index contributed by atoms with van der Waals surface area (Å²) in [4.78, 5) is 25.2. The summed E-state index contributed by atoms with van der Waals surface area (Å²) >= 11 is 0. The molecule has 2 rings (SSSR count). The van der Waals surface area contributed by atoms with Crippen LogP contribution in [0.15, 0.2) is 28.0 Å². The van der Waals surface area contributed by atoms with Gasteiger partial charge in [0.1, 0.15) is 5.56 Å². The van der Waals surface area contributed by atoms with E-state index >= 15 is 0 Å². The predicted octanol–water partition coefficient (Wildman–Crippen LogP) is 1.96. The number of ketones is 1. The molecule has 0 spiro atoms. The van der Waals surface area contributed by atoms with Crippen molar-refractivity contribution in [3.05, 3.63) is 45.4 Å². The smallest absolute Gasteiger partial charge is 0.277 e. The van der Waals surface area contributed by atoms with Gasteiger partial charge in [-0.05, 0) is 45.4 Å². The van der Waals surface area contributed by atoms with Crippen LogP contribution in [-0.4, -0.2) is 36.3 Å². The van der Waals surface area contributed by atoms with Crippen molar-refractivity contribution < 1.29 is 13.2 Å². The van der Waals surface area contributed by atoms with Crippen LogP contribution in [0.2, 0.25) is 0 Å². The van der Waals surface area contributed by atoms with Crippen molar-refractivity contribution in [3.8, 4) is 0 Å². The molecule has 25 heavy (non-hydrogen) atoms. The molecule has 7 nitrogen and oxygen atoms in total. The molecule has 0 amide bonds. The Balaban J connectivity index is 2.65. The zero-order valence-corrected chi connectivity index (χ0v) is 15.8. The zero-order chi connectivity index (χ0) is 18.9. The highest BCUT2D eigenvalue weighted by Gasteiger charge is 2.23. The van der Waals surface area contributed by atoms with Crippen molar-refractivity contribution in [1.82, 2.24) is 9.78 Å². The highest BCUT2D eigenvalue weighted by molar-refractivity contribution is 7.90. The van der Waals surface area contributed by atoms with Crippen molar-refractivity contribution in [2.24, 2.45) is 0 Å². The number of anilines is 1. The molecular weight excluding hydrogens is 342 g/mol. The lowest BCUT2D eigenvalue weighted by Crippen LogP contribution is -2.22. The molecule has 0 bridgehead atoms. The van der Waals surface area contributed by atoms with Gasteiger partial charge < -0.3 is 10.4 Å². The van der Waals surface area contributed by atoms with E-state index in [9.17, 15) is 18.0 Å². The molecule has 0 atom stereocenters. The third kappa shape index (κ3) is 3.68. The molecule has 0 radical (unpaired) electrons. The van der Waals surface area contributed by atoms with Crippen LogP contribution in [0.4, 0.5) is 5.69 Å².